The number of anilines is 3. The Morgan fingerprint density at radius 3 is 1.67 bits per heavy atom. The average Bonchev–Trinajstić information content (AvgIpc) is 3.83. The molecule has 0 saturated heterocycles. The van der Waals surface area contributed by atoms with Crippen LogP contribution in [0, 0.1) is 0 Å². The van der Waals surface area contributed by atoms with Gasteiger partial charge in [0.15, 0.2) is 0 Å². The average molecular weight is 736 g/mol. The summed E-state index contributed by atoms with van der Waals surface area (Å²) >= 11 is 3.74. The summed E-state index contributed by atoms with van der Waals surface area (Å²) in [6.07, 6.45) is 0. The van der Waals surface area contributed by atoms with Gasteiger partial charge in [0.05, 0.1) is 5.69 Å². The highest BCUT2D eigenvalue weighted by Gasteiger charge is 2.21. The largest absolute Gasteiger partial charge is 0.310 e. The number of hydrogen-bond donors (Lipinski definition) is 0. The lowest BCUT2D eigenvalue weighted by molar-refractivity contribution is 1.30. The third kappa shape index (κ3) is 5.43. The highest BCUT2D eigenvalue weighted by Crippen LogP contribution is 2.47. The Labute approximate surface area is 327 Å². The standard InChI is InChI=1S/C52H33NS2/c1-3-14-34(15-4-1)36-30-37(41-22-13-23-46-44-20-9-12-25-50(44)55-52(41)46)32-39(31-36)53(38-26-29-51-47(33-38)45-21-10-11-24-49(45)54-51)48-28-27-40(35-16-5-2-6-17-35)42-18-7-8-19-43(42)48/h1-33H. The van der Waals surface area contributed by atoms with Gasteiger partial charge in [0.1, 0.15) is 0 Å². The number of thiophene rings is 2. The molecule has 3 heteroatoms. The zero-order valence-electron chi connectivity index (χ0n) is 29.8. The number of nitrogens with zero attached hydrogens (tertiary/aromatic N) is 1. The van der Waals surface area contributed by atoms with Gasteiger partial charge in [0.2, 0.25) is 0 Å². The van der Waals surface area contributed by atoms with Crippen LogP contribution in [0.5, 0.6) is 0 Å². The van der Waals surface area contributed by atoms with Crippen LogP contribution in [0.15, 0.2) is 200 Å². The smallest absolute Gasteiger partial charge is 0.0540 e. The van der Waals surface area contributed by atoms with E-state index in [1.54, 1.807) is 0 Å². The van der Waals surface area contributed by atoms with Gasteiger partial charge in [-0.25, -0.2) is 0 Å². The van der Waals surface area contributed by atoms with Crippen molar-refractivity contribution in [3.8, 4) is 33.4 Å². The lowest BCUT2D eigenvalue weighted by atomic mass is 9.94. The first-order valence-electron chi connectivity index (χ1n) is 18.7. The Hall–Kier alpha value is -6.52. The van der Waals surface area contributed by atoms with Gasteiger partial charge in [-0.2, -0.15) is 0 Å². The maximum atomic E-state index is 2.49. The van der Waals surface area contributed by atoms with Gasteiger partial charge in [-0.05, 0) is 93.4 Å². The van der Waals surface area contributed by atoms with E-state index in [2.05, 4.69) is 205 Å². The van der Waals surface area contributed by atoms with Crippen molar-refractivity contribution in [1.29, 1.82) is 0 Å². The van der Waals surface area contributed by atoms with Crippen molar-refractivity contribution in [3.63, 3.8) is 0 Å². The van der Waals surface area contributed by atoms with Crippen LogP contribution in [-0.2, 0) is 0 Å². The molecule has 2 heterocycles. The summed E-state index contributed by atoms with van der Waals surface area (Å²) in [5, 5.41) is 7.63. The number of benzene rings is 9. The van der Waals surface area contributed by atoms with E-state index in [1.807, 2.05) is 22.7 Å². The molecule has 0 saturated carbocycles. The van der Waals surface area contributed by atoms with Crippen LogP contribution >= 0.6 is 22.7 Å². The molecule has 258 valence electrons. The van der Waals surface area contributed by atoms with Crippen LogP contribution in [0.1, 0.15) is 0 Å². The maximum absolute atomic E-state index is 2.49. The lowest BCUT2D eigenvalue weighted by Crippen LogP contribution is -2.11. The molecule has 0 unspecified atom stereocenters. The fourth-order valence-electron chi connectivity index (χ4n) is 8.30. The van der Waals surface area contributed by atoms with Crippen LogP contribution < -0.4 is 4.90 Å². The van der Waals surface area contributed by atoms with E-state index in [4.69, 9.17) is 0 Å². The monoisotopic (exact) mass is 735 g/mol. The molecule has 11 aromatic rings. The summed E-state index contributed by atoms with van der Waals surface area (Å²) < 4.78 is 5.23. The molecule has 11 rings (SSSR count). The zero-order chi connectivity index (χ0) is 36.3. The molecule has 1 nitrogen and oxygen atoms in total. The summed E-state index contributed by atoms with van der Waals surface area (Å²) in [7, 11) is 0. The topological polar surface area (TPSA) is 3.24 Å². The minimum Gasteiger partial charge on any atom is -0.310 e. The van der Waals surface area contributed by atoms with E-state index < -0.39 is 0 Å². The van der Waals surface area contributed by atoms with Crippen LogP contribution in [0.4, 0.5) is 17.1 Å². The van der Waals surface area contributed by atoms with Crippen molar-refractivity contribution in [2.45, 2.75) is 0 Å². The molecular formula is C52H33NS2. The molecule has 0 atom stereocenters. The van der Waals surface area contributed by atoms with E-state index in [0.717, 1.165) is 17.1 Å². The summed E-state index contributed by atoms with van der Waals surface area (Å²) in [6, 6.07) is 73.6. The first-order chi connectivity index (χ1) is 27.3. The minimum atomic E-state index is 1.12. The molecule has 0 bridgehead atoms. The normalized spacial score (nSPS) is 11.6. The van der Waals surface area contributed by atoms with Gasteiger partial charge >= 0.3 is 0 Å². The third-order valence-electron chi connectivity index (χ3n) is 10.8. The molecule has 0 amide bonds. The second kappa shape index (κ2) is 13.1. The molecule has 2 aromatic heterocycles. The van der Waals surface area contributed by atoms with Crippen LogP contribution in [0.2, 0.25) is 0 Å². The molecule has 0 aliphatic heterocycles. The molecule has 9 aromatic carbocycles. The number of rotatable bonds is 6. The summed E-state index contributed by atoms with van der Waals surface area (Å²) in [6.45, 7) is 0. The van der Waals surface area contributed by atoms with E-state index in [9.17, 15) is 0 Å². The van der Waals surface area contributed by atoms with Gasteiger partial charge in [-0.3, -0.25) is 0 Å². The Bertz CT molecular complexity index is 3210. The van der Waals surface area contributed by atoms with Gasteiger partial charge < -0.3 is 4.90 Å². The van der Waals surface area contributed by atoms with Crippen LogP contribution in [0.25, 0.3) is 84.5 Å². The minimum absolute atomic E-state index is 1.12. The Morgan fingerprint density at radius 1 is 0.291 bits per heavy atom. The van der Waals surface area contributed by atoms with Crippen molar-refractivity contribution < 1.29 is 0 Å². The Morgan fingerprint density at radius 2 is 0.891 bits per heavy atom. The zero-order valence-corrected chi connectivity index (χ0v) is 31.4. The van der Waals surface area contributed by atoms with E-state index >= 15 is 0 Å². The van der Waals surface area contributed by atoms with Crippen molar-refractivity contribution in [1.82, 2.24) is 0 Å². The summed E-state index contributed by atoms with van der Waals surface area (Å²) in [4.78, 5) is 2.49. The van der Waals surface area contributed by atoms with Crippen molar-refractivity contribution in [3.05, 3.63) is 200 Å². The number of fused-ring (bicyclic) bond motifs is 7. The fraction of sp³-hybridized carbons (Fsp3) is 0. The van der Waals surface area contributed by atoms with Crippen molar-refractivity contribution in [2.24, 2.45) is 0 Å². The highest BCUT2D eigenvalue weighted by atomic mass is 32.1. The van der Waals surface area contributed by atoms with E-state index in [1.165, 1.54) is 84.5 Å². The maximum Gasteiger partial charge on any atom is 0.0540 e. The molecule has 0 aliphatic carbocycles. The molecule has 0 N–H and O–H groups in total. The first-order valence-corrected chi connectivity index (χ1v) is 20.3. The van der Waals surface area contributed by atoms with E-state index in [0.29, 0.717) is 0 Å². The molecule has 0 fully saturated rings. The predicted octanol–water partition coefficient (Wildman–Crippen LogP) is 16.0. The van der Waals surface area contributed by atoms with Gasteiger partial charge in [-0.1, -0.05) is 146 Å². The second-order valence-corrected chi connectivity index (χ2v) is 16.2. The van der Waals surface area contributed by atoms with Gasteiger partial charge in [0, 0.05) is 57.1 Å². The second-order valence-electron chi connectivity index (χ2n) is 14.1. The Balaban J connectivity index is 1.21. The number of hydrogen-bond acceptors (Lipinski definition) is 3. The third-order valence-corrected chi connectivity index (χ3v) is 13.2. The quantitative estimate of drug-likeness (QED) is 0.164. The molecule has 0 aliphatic rings. The summed E-state index contributed by atoms with van der Waals surface area (Å²) in [5.41, 5.74) is 10.7. The first kappa shape index (κ1) is 32.0. The van der Waals surface area contributed by atoms with Gasteiger partial charge in [-0.15, -0.1) is 22.7 Å². The van der Waals surface area contributed by atoms with Crippen LogP contribution in [0.3, 0.4) is 0 Å². The van der Waals surface area contributed by atoms with Crippen molar-refractivity contribution in [2.75, 3.05) is 4.90 Å². The van der Waals surface area contributed by atoms with Crippen molar-refractivity contribution >= 4 is 90.9 Å². The SMILES string of the molecule is c1ccc(-c2cc(-c3cccc4c3sc3ccccc34)cc(N(c3ccc4sc5ccccc5c4c3)c3ccc(-c4ccccc4)c4ccccc34)c2)cc1. The molecule has 0 spiro atoms. The van der Waals surface area contributed by atoms with E-state index in [-0.39, 0.29) is 0 Å². The Kier molecular flexibility index (Phi) is 7.61. The fourth-order valence-corrected chi connectivity index (χ4v) is 10.6. The molecular weight excluding hydrogens is 703 g/mol. The van der Waals surface area contributed by atoms with Gasteiger partial charge in [0.25, 0.3) is 0 Å². The lowest BCUT2D eigenvalue weighted by Gasteiger charge is -2.29. The summed E-state index contributed by atoms with van der Waals surface area (Å²) in [5.74, 6) is 0. The molecule has 55 heavy (non-hydrogen) atoms. The predicted molar refractivity (Wildman–Crippen MR) is 241 cm³/mol. The molecule has 0 radical (unpaired) electrons. The van der Waals surface area contributed by atoms with Crippen LogP contribution in [-0.4, -0.2) is 0 Å². The highest BCUT2D eigenvalue weighted by molar-refractivity contribution is 7.26.